The first-order valence-corrected chi connectivity index (χ1v) is 10.9. The van der Waals surface area contributed by atoms with Gasteiger partial charge in [0, 0.05) is 6.04 Å². The van der Waals surface area contributed by atoms with E-state index in [-0.39, 0.29) is 30.4 Å². The number of aliphatic carboxylic acids is 1. The zero-order chi connectivity index (χ0) is 21.7. The third-order valence-electron chi connectivity index (χ3n) is 6.33. The molecule has 1 saturated heterocycles. The van der Waals surface area contributed by atoms with Crippen LogP contribution in [0.2, 0.25) is 0 Å². The van der Waals surface area contributed by atoms with Crippen LogP contribution in [0.3, 0.4) is 0 Å². The fourth-order valence-corrected chi connectivity index (χ4v) is 4.89. The molecule has 0 spiro atoms. The van der Waals surface area contributed by atoms with E-state index in [1.807, 2.05) is 30.3 Å². The highest BCUT2D eigenvalue weighted by molar-refractivity contribution is 5.88. The molecule has 2 fully saturated rings. The molecule has 1 unspecified atom stereocenters. The highest BCUT2D eigenvalue weighted by Crippen LogP contribution is 2.41. The van der Waals surface area contributed by atoms with Crippen LogP contribution in [0.15, 0.2) is 30.3 Å². The van der Waals surface area contributed by atoms with Crippen molar-refractivity contribution in [3.05, 3.63) is 35.9 Å². The molecular formula is C23H32N2O5. The molecule has 1 aliphatic heterocycles. The summed E-state index contributed by atoms with van der Waals surface area (Å²) in [4.78, 5) is 39.1. The summed E-state index contributed by atoms with van der Waals surface area (Å²) in [6.45, 7) is 3.72. The van der Waals surface area contributed by atoms with Crippen molar-refractivity contribution in [2.45, 2.75) is 76.5 Å². The number of carbonyl (C=O) groups excluding carboxylic acids is 2. The summed E-state index contributed by atoms with van der Waals surface area (Å²) < 4.78 is 5.21. The molecule has 30 heavy (non-hydrogen) atoms. The maximum absolute atomic E-state index is 13.2. The van der Waals surface area contributed by atoms with Gasteiger partial charge in [0.05, 0.1) is 12.6 Å². The van der Waals surface area contributed by atoms with Gasteiger partial charge >= 0.3 is 11.9 Å². The number of rotatable bonds is 9. The van der Waals surface area contributed by atoms with E-state index in [1.54, 1.807) is 18.7 Å². The van der Waals surface area contributed by atoms with Crippen molar-refractivity contribution < 1.29 is 24.2 Å². The molecule has 0 aromatic heterocycles. The summed E-state index contributed by atoms with van der Waals surface area (Å²) in [7, 11) is 0. The molecule has 1 aromatic rings. The number of aryl methyl sites for hydroxylation is 1. The fourth-order valence-electron chi connectivity index (χ4n) is 4.89. The van der Waals surface area contributed by atoms with E-state index in [4.69, 9.17) is 4.74 Å². The molecule has 1 saturated carbocycles. The van der Waals surface area contributed by atoms with E-state index in [9.17, 15) is 19.5 Å². The van der Waals surface area contributed by atoms with Gasteiger partial charge in [-0.05, 0) is 57.4 Å². The Hall–Kier alpha value is -2.41. The molecule has 164 valence electrons. The van der Waals surface area contributed by atoms with E-state index >= 15 is 0 Å². The highest BCUT2D eigenvalue weighted by Gasteiger charge is 2.49. The molecule has 2 N–H and O–H groups in total. The van der Waals surface area contributed by atoms with Gasteiger partial charge in [0.15, 0.2) is 0 Å². The van der Waals surface area contributed by atoms with Crippen molar-refractivity contribution in [2.24, 2.45) is 5.92 Å². The molecular weight excluding hydrogens is 384 g/mol. The molecule has 0 bridgehead atoms. The monoisotopic (exact) mass is 416 g/mol. The van der Waals surface area contributed by atoms with Crippen LogP contribution in [-0.4, -0.2) is 58.6 Å². The number of nitrogens with zero attached hydrogens (tertiary/aromatic N) is 1. The Balaban J connectivity index is 1.68. The van der Waals surface area contributed by atoms with Crippen molar-refractivity contribution in [1.82, 2.24) is 10.2 Å². The van der Waals surface area contributed by atoms with Crippen molar-refractivity contribution in [2.75, 3.05) is 6.61 Å². The van der Waals surface area contributed by atoms with E-state index in [2.05, 4.69) is 5.32 Å². The van der Waals surface area contributed by atoms with Gasteiger partial charge in [-0.15, -0.1) is 0 Å². The molecule has 1 heterocycles. The standard InChI is InChI=1S/C23H32N2O5/c1-3-30-23(29)18(13-12-16-8-5-4-6-9-16)24-15(2)21(26)25-19-11-7-10-17(19)14-20(25)22(27)28/h4-6,8-9,15,17-20,24H,3,7,10-14H2,1-2H3,(H,27,28)/t15-,17-,18+,19-,20?/m1/s1. The number of fused-ring (bicyclic) bond motifs is 1. The number of esters is 1. The highest BCUT2D eigenvalue weighted by atomic mass is 16.5. The smallest absolute Gasteiger partial charge is 0.326 e. The molecule has 1 aromatic carbocycles. The molecule has 2 aliphatic rings. The quantitative estimate of drug-likeness (QED) is 0.600. The van der Waals surface area contributed by atoms with E-state index in [0.717, 1.165) is 24.8 Å². The SMILES string of the molecule is CCOC(=O)[C@H](CCc1ccccc1)N[C@H](C)C(=O)N1C(C(=O)O)C[C@H]2CCC[C@H]21. The van der Waals surface area contributed by atoms with Crippen LogP contribution in [0, 0.1) is 5.92 Å². The summed E-state index contributed by atoms with van der Waals surface area (Å²) >= 11 is 0. The second-order valence-corrected chi connectivity index (χ2v) is 8.31. The number of carbonyl (C=O) groups is 3. The number of carboxylic acids is 1. The van der Waals surface area contributed by atoms with Crippen molar-refractivity contribution in [3.8, 4) is 0 Å². The van der Waals surface area contributed by atoms with Gasteiger partial charge in [-0.2, -0.15) is 0 Å². The van der Waals surface area contributed by atoms with Gasteiger partial charge in [-0.1, -0.05) is 36.8 Å². The first-order chi connectivity index (χ1) is 14.4. The molecule has 3 rings (SSSR count). The van der Waals surface area contributed by atoms with Gasteiger partial charge in [0.1, 0.15) is 12.1 Å². The largest absolute Gasteiger partial charge is 0.480 e. The van der Waals surface area contributed by atoms with E-state index < -0.39 is 24.1 Å². The average molecular weight is 417 g/mol. The minimum absolute atomic E-state index is 0.00629. The first-order valence-electron chi connectivity index (χ1n) is 10.9. The van der Waals surface area contributed by atoms with Crippen LogP contribution in [0.25, 0.3) is 0 Å². The van der Waals surface area contributed by atoms with E-state index in [0.29, 0.717) is 19.3 Å². The number of hydrogen-bond acceptors (Lipinski definition) is 5. The topological polar surface area (TPSA) is 95.9 Å². The summed E-state index contributed by atoms with van der Waals surface area (Å²) in [6.07, 6.45) is 4.54. The van der Waals surface area contributed by atoms with Gasteiger partial charge < -0.3 is 14.7 Å². The lowest BCUT2D eigenvalue weighted by Gasteiger charge is -2.31. The Bertz CT molecular complexity index is 753. The summed E-state index contributed by atoms with van der Waals surface area (Å²) in [5, 5.41) is 12.8. The second kappa shape index (κ2) is 10.1. The number of likely N-dealkylation sites (tertiary alicyclic amines) is 1. The number of ether oxygens (including phenoxy) is 1. The molecule has 7 nitrogen and oxygen atoms in total. The molecule has 0 radical (unpaired) electrons. The molecule has 1 aliphatic carbocycles. The van der Waals surface area contributed by atoms with Crippen molar-refractivity contribution >= 4 is 17.8 Å². The lowest BCUT2D eigenvalue weighted by Crippen LogP contribution is -2.55. The van der Waals surface area contributed by atoms with E-state index in [1.165, 1.54) is 0 Å². The predicted molar refractivity (Wildman–Crippen MR) is 112 cm³/mol. The van der Waals surface area contributed by atoms with Crippen LogP contribution in [-0.2, 0) is 25.5 Å². The van der Waals surface area contributed by atoms with Crippen LogP contribution in [0.5, 0.6) is 0 Å². The number of hydrogen-bond donors (Lipinski definition) is 2. The first kappa shape index (κ1) is 22.3. The van der Waals surface area contributed by atoms with Crippen LogP contribution in [0.1, 0.15) is 51.5 Å². The summed E-state index contributed by atoms with van der Waals surface area (Å²) in [6, 6.07) is 7.76. The van der Waals surface area contributed by atoms with Crippen LogP contribution < -0.4 is 5.32 Å². The van der Waals surface area contributed by atoms with Crippen LogP contribution >= 0.6 is 0 Å². The lowest BCUT2D eigenvalue weighted by molar-refractivity contribution is -0.151. The second-order valence-electron chi connectivity index (χ2n) is 8.31. The van der Waals surface area contributed by atoms with Crippen LogP contribution in [0.4, 0.5) is 0 Å². The van der Waals surface area contributed by atoms with Gasteiger partial charge in [0.2, 0.25) is 5.91 Å². The number of carboxylic acid groups (broad SMARTS) is 1. The number of amides is 1. The number of benzene rings is 1. The Morgan fingerprint density at radius 2 is 1.97 bits per heavy atom. The Labute approximate surface area is 177 Å². The molecule has 5 atom stereocenters. The van der Waals surface area contributed by atoms with Gasteiger partial charge in [-0.3, -0.25) is 14.9 Å². The summed E-state index contributed by atoms with van der Waals surface area (Å²) in [5.74, 6) is -1.31. The predicted octanol–water partition coefficient (Wildman–Crippen LogP) is 2.38. The zero-order valence-corrected chi connectivity index (χ0v) is 17.8. The summed E-state index contributed by atoms with van der Waals surface area (Å²) in [5.41, 5.74) is 1.10. The third-order valence-corrected chi connectivity index (χ3v) is 6.33. The lowest BCUT2D eigenvalue weighted by atomic mass is 10.0. The maximum atomic E-state index is 13.2. The third kappa shape index (κ3) is 5.01. The Kier molecular flexibility index (Phi) is 7.48. The average Bonchev–Trinajstić information content (AvgIpc) is 3.32. The van der Waals surface area contributed by atoms with Crippen molar-refractivity contribution in [3.63, 3.8) is 0 Å². The van der Waals surface area contributed by atoms with Gasteiger partial charge in [-0.25, -0.2) is 4.79 Å². The molecule has 1 amide bonds. The normalized spacial score (nSPS) is 24.9. The number of nitrogens with one attached hydrogen (secondary N) is 1. The Morgan fingerprint density at radius 1 is 1.23 bits per heavy atom. The van der Waals surface area contributed by atoms with Gasteiger partial charge in [0.25, 0.3) is 0 Å². The minimum atomic E-state index is -0.948. The maximum Gasteiger partial charge on any atom is 0.326 e. The minimum Gasteiger partial charge on any atom is -0.480 e. The van der Waals surface area contributed by atoms with Crippen molar-refractivity contribution in [1.29, 1.82) is 0 Å². The molecule has 7 heteroatoms. The Morgan fingerprint density at radius 3 is 2.63 bits per heavy atom. The zero-order valence-electron chi connectivity index (χ0n) is 17.8. The fraction of sp³-hybridized carbons (Fsp3) is 0.609.